The van der Waals surface area contributed by atoms with Crippen molar-refractivity contribution >= 4 is 39.0 Å². The molecule has 0 aliphatic carbocycles. The number of carbonyl (C=O) groups excluding carboxylic acids is 1. The molecule has 1 aromatic carbocycles. The average molecular weight is 537 g/mol. The number of ketones is 1. The molecule has 0 atom stereocenters. The summed E-state index contributed by atoms with van der Waals surface area (Å²) < 4.78 is 78.1. The van der Waals surface area contributed by atoms with Gasteiger partial charge in [-0.15, -0.1) is 0 Å². The molecule has 2 heterocycles. The monoisotopic (exact) mass is 536 g/mol. The number of rotatable bonds is 8. The maximum absolute atomic E-state index is 13.2. The second-order valence-electron chi connectivity index (χ2n) is 6.87. The van der Waals surface area contributed by atoms with Gasteiger partial charge in [0, 0.05) is 12.6 Å². The van der Waals surface area contributed by atoms with Gasteiger partial charge in [0.2, 0.25) is 10.0 Å². The van der Waals surface area contributed by atoms with Crippen molar-refractivity contribution in [3.05, 3.63) is 81.4 Å². The normalized spacial score (nSPS) is 12.1. The van der Waals surface area contributed by atoms with E-state index in [-0.39, 0.29) is 51.4 Å². The Morgan fingerprint density at radius 2 is 1.74 bits per heavy atom. The van der Waals surface area contributed by atoms with Crippen LogP contribution in [0.4, 0.5) is 17.6 Å². The summed E-state index contributed by atoms with van der Waals surface area (Å²) in [5.41, 5.74) is -0.698. The highest BCUT2D eigenvalue weighted by Crippen LogP contribution is 2.31. The molecule has 1 N–H and O–H groups in total. The summed E-state index contributed by atoms with van der Waals surface area (Å²) >= 11 is 11.4. The van der Waals surface area contributed by atoms with Crippen LogP contribution in [-0.4, -0.2) is 29.2 Å². The Labute approximate surface area is 201 Å². The Morgan fingerprint density at radius 3 is 2.32 bits per heavy atom. The van der Waals surface area contributed by atoms with E-state index < -0.39 is 33.4 Å². The van der Waals surface area contributed by atoms with Crippen LogP contribution in [0.15, 0.2) is 47.8 Å². The van der Waals surface area contributed by atoms with Gasteiger partial charge in [-0.1, -0.05) is 23.2 Å². The standard InChI is InChI=1S/C20H14Cl2F4N4O3S/c21-14-6-13(1-2-16(14)23)34(32,33)30-9-12-8-29-18(10-27-12)19(31)4-3-17-15(22)5-11(7-28-17)20(24,25)26/h1-2,5-8,10,30H,3-4,9H2. The number of pyridine rings is 1. The molecule has 7 nitrogen and oxygen atoms in total. The van der Waals surface area contributed by atoms with Crippen LogP contribution in [-0.2, 0) is 29.2 Å². The summed E-state index contributed by atoms with van der Waals surface area (Å²) in [5, 5.41) is -0.558. The Morgan fingerprint density at radius 1 is 1.00 bits per heavy atom. The first-order valence-electron chi connectivity index (χ1n) is 9.37. The molecular formula is C20H14Cl2F4N4O3S. The summed E-state index contributed by atoms with van der Waals surface area (Å²) in [4.78, 5) is 23.7. The Balaban J connectivity index is 1.59. The molecule has 0 spiro atoms. The van der Waals surface area contributed by atoms with E-state index in [9.17, 15) is 30.8 Å². The van der Waals surface area contributed by atoms with E-state index in [1.807, 2.05) is 0 Å². The van der Waals surface area contributed by atoms with Crippen LogP contribution in [0.25, 0.3) is 0 Å². The van der Waals surface area contributed by atoms with Gasteiger partial charge in [0.05, 0.1) is 50.8 Å². The van der Waals surface area contributed by atoms with E-state index in [1.54, 1.807) is 0 Å². The highest BCUT2D eigenvalue weighted by molar-refractivity contribution is 7.89. The number of Topliss-reactive ketones (excluding diaryl/α,β-unsaturated/α-hetero) is 1. The van der Waals surface area contributed by atoms with E-state index >= 15 is 0 Å². The van der Waals surface area contributed by atoms with Crippen LogP contribution in [0.3, 0.4) is 0 Å². The number of benzene rings is 1. The minimum absolute atomic E-state index is 0.0146. The zero-order valence-electron chi connectivity index (χ0n) is 16.9. The molecule has 0 aliphatic rings. The second kappa shape index (κ2) is 10.3. The number of nitrogens with zero attached hydrogens (tertiary/aromatic N) is 3. The SMILES string of the molecule is O=C(CCc1ncc(C(F)(F)F)cc1Cl)c1cnc(CNS(=O)(=O)c2ccc(F)c(Cl)c2)cn1. The van der Waals surface area contributed by atoms with Crippen molar-refractivity contribution in [2.75, 3.05) is 0 Å². The van der Waals surface area contributed by atoms with Crippen LogP contribution < -0.4 is 4.72 Å². The lowest BCUT2D eigenvalue weighted by molar-refractivity contribution is -0.137. The molecule has 0 fully saturated rings. The first-order chi connectivity index (χ1) is 15.9. The number of aromatic nitrogens is 3. The molecule has 0 saturated carbocycles. The van der Waals surface area contributed by atoms with Gasteiger partial charge in [0.1, 0.15) is 11.5 Å². The number of hydrogen-bond donors (Lipinski definition) is 1. The molecule has 0 bridgehead atoms. The third-order valence-electron chi connectivity index (χ3n) is 4.47. The molecule has 2 aromatic heterocycles. The third-order valence-corrected chi connectivity index (χ3v) is 6.49. The van der Waals surface area contributed by atoms with Crippen molar-refractivity contribution in [2.24, 2.45) is 0 Å². The van der Waals surface area contributed by atoms with E-state index in [0.29, 0.717) is 6.20 Å². The van der Waals surface area contributed by atoms with E-state index in [0.717, 1.165) is 30.5 Å². The van der Waals surface area contributed by atoms with E-state index in [1.165, 1.54) is 6.20 Å². The maximum atomic E-state index is 13.2. The van der Waals surface area contributed by atoms with E-state index in [2.05, 4.69) is 19.7 Å². The molecule has 0 unspecified atom stereocenters. The van der Waals surface area contributed by atoms with Gasteiger partial charge in [-0.3, -0.25) is 14.8 Å². The first-order valence-corrected chi connectivity index (χ1v) is 11.6. The quantitative estimate of drug-likeness (QED) is 0.332. The van der Waals surface area contributed by atoms with Crippen molar-refractivity contribution < 1.29 is 30.8 Å². The summed E-state index contributed by atoms with van der Waals surface area (Å²) in [7, 11) is -4.01. The second-order valence-corrected chi connectivity index (χ2v) is 9.45. The van der Waals surface area contributed by atoms with Crippen LogP contribution in [0.1, 0.15) is 33.9 Å². The number of carbonyl (C=O) groups is 1. The fourth-order valence-corrected chi connectivity index (χ4v) is 4.18. The molecule has 0 radical (unpaired) electrons. The highest BCUT2D eigenvalue weighted by atomic mass is 35.5. The summed E-state index contributed by atoms with van der Waals surface area (Å²) in [5.74, 6) is -1.22. The number of nitrogens with one attached hydrogen (secondary N) is 1. The minimum Gasteiger partial charge on any atom is -0.292 e. The van der Waals surface area contributed by atoms with Gasteiger partial charge in [0.15, 0.2) is 5.78 Å². The fraction of sp³-hybridized carbons (Fsp3) is 0.200. The number of alkyl halides is 3. The minimum atomic E-state index is -4.58. The number of aryl methyl sites for hydroxylation is 1. The Kier molecular flexibility index (Phi) is 7.86. The number of halogens is 6. The molecule has 0 aliphatic heterocycles. The first kappa shape index (κ1) is 25.9. The van der Waals surface area contributed by atoms with Crippen molar-refractivity contribution in [3.8, 4) is 0 Å². The maximum Gasteiger partial charge on any atom is 0.417 e. The predicted octanol–water partition coefficient (Wildman–Crippen LogP) is 4.63. The molecule has 3 aromatic rings. The highest BCUT2D eigenvalue weighted by Gasteiger charge is 2.31. The molecule has 180 valence electrons. The third kappa shape index (κ3) is 6.47. The summed E-state index contributed by atoms with van der Waals surface area (Å²) in [6.45, 7) is -0.260. The van der Waals surface area contributed by atoms with Crippen LogP contribution >= 0.6 is 23.2 Å². The number of hydrogen-bond acceptors (Lipinski definition) is 6. The predicted molar refractivity (Wildman–Crippen MR) is 114 cm³/mol. The molecule has 3 rings (SSSR count). The molecular weight excluding hydrogens is 523 g/mol. The largest absolute Gasteiger partial charge is 0.417 e. The Bertz CT molecular complexity index is 1320. The van der Waals surface area contributed by atoms with E-state index in [4.69, 9.17) is 23.2 Å². The van der Waals surface area contributed by atoms with Crippen molar-refractivity contribution in [3.63, 3.8) is 0 Å². The number of sulfonamides is 1. The zero-order chi connectivity index (χ0) is 25.1. The lowest BCUT2D eigenvalue weighted by Gasteiger charge is -2.09. The molecule has 0 saturated heterocycles. The molecule has 34 heavy (non-hydrogen) atoms. The van der Waals surface area contributed by atoms with Crippen molar-refractivity contribution in [2.45, 2.75) is 30.5 Å². The van der Waals surface area contributed by atoms with Crippen LogP contribution in [0.2, 0.25) is 10.0 Å². The molecule has 14 heteroatoms. The average Bonchev–Trinajstić information content (AvgIpc) is 2.78. The van der Waals surface area contributed by atoms with Gasteiger partial charge in [-0.25, -0.2) is 22.5 Å². The van der Waals surface area contributed by atoms with Gasteiger partial charge in [-0.05, 0) is 30.7 Å². The topological polar surface area (TPSA) is 102 Å². The Hall–Kier alpha value is -2.67. The van der Waals surface area contributed by atoms with Crippen LogP contribution in [0, 0.1) is 5.82 Å². The van der Waals surface area contributed by atoms with Gasteiger partial charge < -0.3 is 0 Å². The lowest BCUT2D eigenvalue weighted by atomic mass is 10.1. The van der Waals surface area contributed by atoms with Crippen molar-refractivity contribution in [1.82, 2.24) is 19.7 Å². The zero-order valence-corrected chi connectivity index (χ0v) is 19.2. The van der Waals surface area contributed by atoms with Crippen LogP contribution in [0.5, 0.6) is 0 Å². The molecule has 0 amide bonds. The fourth-order valence-electron chi connectivity index (χ4n) is 2.65. The van der Waals surface area contributed by atoms with Crippen molar-refractivity contribution in [1.29, 1.82) is 0 Å². The van der Waals surface area contributed by atoms with Gasteiger partial charge in [-0.2, -0.15) is 13.2 Å². The summed E-state index contributed by atoms with van der Waals surface area (Å²) in [6, 6.07) is 3.67. The lowest BCUT2D eigenvalue weighted by Crippen LogP contribution is -2.24. The van der Waals surface area contributed by atoms with Gasteiger partial charge >= 0.3 is 6.18 Å². The summed E-state index contributed by atoms with van der Waals surface area (Å²) in [6.07, 6.45) is -1.76. The smallest absolute Gasteiger partial charge is 0.292 e. The van der Waals surface area contributed by atoms with Gasteiger partial charge in [0.25, 0.3) is 0 Å².